The molecule has 7 nitrogen and oxygen atoms in total. The first kappa shape index (κ1) is 19.0. The number of likely N-dealkylation sites (tertiary alicyclic amines) is 1. The van der Waals surface area contributed by atoms with Crippen molar-refractivity contribution >= 4 is 11.8 Å². The van der Waals surface area contributed by atoms with E-state index < -0.39 is 6.04 Å². The molecule has 0 spiro atoms. The largest absolute Gasteiger partial charge is 0.367 e. The van der Waals surface area contributed by atoms with Crippen LogP contribution >= 0.6 is 0 Å². The van der Waals surface area contributed by atoms with Crippen molar-refractivity contribution in [3.63, 3.8) is 0 Å². The molecule has 2 amide bonds. The van der Waals surface area contributed by atoms with Gasteiger partial charge in [-0.25, -0.2) is 0 Å². The molecule has 3 heterocycles. The molecule has 0 radical (unpaired) electrons. The van der Waals surface area contributed by atoms with Gasteiger partial charge < -0.3 is 19.7 Å². The van der Waals surface area contributed by atoms with Gasteiger partial charge in [0, 0.05) is 31.5 Å². The average molecular weight is 392 g/mol. The Morgan fingerprint density at radius 1 is 1.28 bits per heavy atom. The summed E-state index contributed by atoms with van der Waals surface area (Å²) in [6.45, 7) is 2.83. The second-order valence-electron chi connectivity index (χ2n) is 7.37. The molecule has 3 aromatic rings. The molecule has 1 aliphatic heterocycles. The Bertz CT molecular complexity index is 993. The quantitative estimate of drug-likeness (QED) is 0.675. The van der Waals surface area contributed by atoms with E-state index in [0.29, 0.717) is 25.3 Å². The third kappa shape index (κ3) is 4.39. The number of nitrogens with zero attached hydrogens (tertiary/aromatic N) is 2. The molecule has 7 heteroatoms. The summed E-state index contributed by atoms with van der Waals surface area (Å²) >= 11 is 0. The van der Waals surface area contributed by atoms with E-state index in [1.165, 1.54) is 0 Å². The van der Waals surface area contributed by atoms with E-state index >= 15 is 0 Å². The summed E-state index contributed by atoms with van der Waals surface area (Å²) in [6.07, 6.45) is 5.45. The molecular weight excluding hydrogens is 368 g/mol. The SMILES string of the molecule is Cc1cc(CC(=O)N2CCC[C@H]2C(=O)NCc2cccc(-c3cc[nH]c3)c2)on1. The molecule has 29 heavy (non-hydrogen) atoms. The highest BCUT2D eigenvalue weighted by molar-refractivity contribution is 5.88. The third-order valence-corrected chi connectivity index (χ3v) is 5.20. The molecule has 1 atom stereocenters. The molecule has 1 fully saturated rings. The van der Waals surface area contributed by atoms with Crippen LogP contribution in [0.1, 0.15) is 29.9 Å². The fourth-order valence-corrected chi connectivity index (χ4v) is 3.76. The van der Waals surface area contributed by atoms with Crippen molar-refractivity contribution < 1.29 is 14.1 Å². The van der Waals surface area contributed by atoms with Crippen molar-refractivity contribution in [1.29, 1.82) is 0 Å². The maximum Gasteiger partial charge on any atom is 0.243 e. The van der Waals surface area contributed by atoms with E-state index in [-0.39, 0.29) is 18.2 Å². The smallest absolute Gasteiger partial charge is 0.243 e. The Balaban J connectivity index is 1.36. The van der Waals surface area contributed by atoms with Crippen LogP contribution in [0, 0.1) is 6.92 Å². The van der Waals surface area contributed by atoms with Gasteiger partial charge in [-0.05, 0) is 48.6 Å². The summed E-state index contributed by atoms with van der Waals surface area (Å²) in [5, 5.41) is 6.80. The van der Waals surface area contributed by atoms with Gasteiger partial charge in [0.25, 0.3) is 0 Å². The fourth-order valence-electron chi connectivity index (χ4n) is 3.76. The fraction of sp³-hybridized carbons (Fsp3) is 0.318. The van der Waals surface area contributed by atoms with Crippen LogP contribution in [-0.4, -0.2) is 39.4 Å². The first-order valence-corrected chi connectivity index (χ1v) is 9.81. The number of carbonyl (C=O) groups excluding carboxylic acids is 2. The minimum Gasteiger partial charge on any atom is -0.367 e. The number of aromatic nitrogens is 2. The molecule has 0 unspecified atom stereocenters. The van der Waals surface area contributed by atoms with Crippen molar-refractivity contribution in [2.75, 3.05) is 6.54 Å². The summed E-state index contributed by atoms with van der Waals surface area (Å²) in [6, 6.07) is 11.4. The maximum atomic E-state index is 12.8. The van der Waals surface area contributed by atoms with Crippen molar-refractivity contribution in [2.45, 2.75) is 38.8 Å². The molecular formula is C22H24N4O3. The number of hydrogen-bond donors (Lipinski definition) is 2. The molecule has 2 N–H and O–H groups in total. The summed E-state index contributed by atoms with van der Waals surface area (Å²) in [4.78, 5) is 30.1. The van der Waals surface area contributed by atoms with Gasteiger partial charge >= 0.3 is 0 Å². The Kier molecular flexibility index (Phi) is 5.46. The zero-order chi connectivity index (χ0) is 20.2. The van der Waals surface area contributed by atoms with Crippen LogP contribution in [0.4, 0.5) is 0 Å². The monoisotopic (exact) mass is 392 g/mol. The van der Waals surface area contributed by atoms with Crippen molar-refractivity contribution in [3.05, 3.63) is 65.8 Å². The lowest BCUT2D eigenvalue weighted by atomic mass is 10.1. The molecule has 1 aliphatic rings. The maximum absolute atomic E-state index is 12.8. The molecule has 0 aliphatic carbocycles. The average Bonchev–Trinajstić information content (AvgIpc) is 3.48. The summed E-state index contributed by atoms with van der Waals surface area (Å²) in [5.41, 5.74) is 3.96. The molecule has 1 saturated heterocycles. The van der Waals surface area contributed by atoms with Crippen LogP contribution in [0.15, 0.2) is 53.3 Å². The lowest BCUT2D eigenvalue weighted by Crippen LogP contribution is -2.46. The zero-order valence-corrected chi connectivity index (χ0v) is 16.4. The highest BCUT2D eigenvalue weighted by atomic mass is 16.5. The molecule has 150 valence electrons. The van der Waals surface area contributed by atoms with Gasteiger partial charge in [-0.2, -0.15) is 0 Å². The van der Waals surface area contributed by atoms with Crippen molar-refractivity contribution in [3.8, 4) is 11.1 Å². The van der Waals surface area contributed by atoms with Gasteiger partial charge in [0.2, 0.25) is 11.8 Å². The molecule has 1 aromatic carbocycles. The number of aryl methyl sites for hydroxylation is 1. The highest BCUT2D eigenvalue weighted by Gasteiger charge is 2.34. The van der Waals surface area contributed by atoms with Crippen LogP contribution < -0.4 is 5.32 Å². The number of rotatable bonds is 6. The number of H-pyrrole nitrogens is 1. The van der Waals surface area contributed by atoms with Gasteiger partial charge in [-0.3, -0.25) is 9.59 Å². The van der Waals surface area contributed by atoms with Gasteiger partial charge in [-0.15, -0.1) is 0 Å². The second-order valence-corrected chi connectivity index (χ2v) is 7.37. The summed E-state index contributed by atoms with van der Waals surface area (Å²) in [7, 11) is 0. The topological polar surface area (TPSA) is 91.2 Å². The molecule has 0 bridgehead atoms. The summed E-state index contributed by atoms with van der Waals surface area (Å²) in [5.74, 6) is 0.310. The highest BCUT2D eigenvalue weighted by Crippen LogP contribution is 2.21. The third-order valence-electron chi connectivity index (χ3n) is 5.20. The van der Waals surface area contributed by atoms with Gasteiger partial charge in [0.15, 0.2) is 0 Å². The Hall–Kier alpha value is -3.35. The lowest BCUT2D eigenvalue weighted by molar-refractivity contribution is -0.138. The predicted octanol–water partition coefficient (Wildman–Crippen LogP) is 2.83. The van der Waals surface area contributed by atoms with E-state index in [4.69, 9.17) is 4.52 Å². The molecule has 2 aromatic heterocycles. The minimum atomic E-state index is -0.431. The molecule has 4 rings (SSSR count). The van der Waals surface area contributed by atoms with E-state index in [2.05, 4.69) is 21.5 Å². The lowest BCUT2D eigenvalue weighted by Gasteiger charge is -2.23. The second kappa shape index (κ2) is 8.34. The number of carbonyl (C=O) groups is 2. The van der Waals surface area contributed by atoms with Crippen LogP contribution in [0.2, 0.25) is 0 Å². The van der Waals surface area contributed by atoms with E-state index in [1.807, 2.05) is 43.6 Å². The van der Waals surface area contributed by atoms with Crippen molar-refractivity contribution in [2.24, 2.45) is 0 Å². The number of aromatic amines is 1. The number of benzene rings is 1. The van der Waals surface area contributed by atoms with Crippen LogP contribution in [-0.2, 0) is 22.6 Å². The van der Waals surface area contributed by atoms with Gasteiger partial charge in [0.1, 0.15) is 11.8 Å². The first-order chi connectivity index (χ1) is 14.1. The number of amides is 2. The minimum absolute atomic E-state index is 0.103. The van der Waals surface area contributed by atoms with E-state index in [0.717, 1.165) is 28.8 Å². The van der Waals surface area contributed by atoms with Crippen LogP contribution in [0.3, 0.4) is 0 Å². The molecule has 0 saturated carbocycles. The normalized spacial score (nSPS) is 16.2. The Labute approximate surface area is 169 Å². The van der Waals surface area contributed by atoms with Gasteiger partial charge in [-0.1, -0.05) is 23.4 Å². The predicted molar refractivity (Wildman–Crippen MR) is 108 cm³/mol. The first-order valence-electron chi connectivity index (χ1n) is 9.81. The van der Waals surface area contributed by atoms with E-state index in [9.17, 15) is 9.59 Å². The van der Waals surface area contributed by atoms with Crippen molar-refractivity contribution in [1.82, 2.24) is 20.4 Å². The Morgan fingerprint density at radius 3 is 2.93 bits per heavy atom. The van der Waals surface area contributed by atoms with Crippen LogP contribution in [0.25, 0.3) is 11.1 Å². The number of hydrogen-bond acceptors (Lipinski definition) is 4. The Morgan fingerprint density at radius 2 is 2.17 bits per heavy atom. The van der Waals surface area contributed by atoms with E-state index in [1.54, 1.807) is 11.0 Å². The standard InChI is InChI=1S/C22H24N4O3/c1-15-10-19(29-25-15)12-21(27)26-9-3-6-20(26)22(28)24-13-16-4-2-5-17(11-16)18-7-8-23-14-18/h2,4-5,7-8,10-11,14,20,23H,3,6,9,12-13H2,1H3,(H,24,28)/t20-/m0/s1. The van der Waals surface area contributed by atoms with Crippen LogP contribution in [0.5, 0.6) is 0 Å². The van der Waals surface area contributed by atoms with Gasteiger partial charge in [0.05, 0.1) is 12.1 Å². The summed E-state index contributed by atoms with van der Waals surface area (Å²) < 4.78 is 5.14. The zero-order valence-electron chi connectivity index (χ0n) is 16.4. The number of nitrogens with one attached hydrogen (secondary N) is 2.